The summed E-state index contributed by atoms with van der Waals surface area (Å²) in [5, 5.41) is 6.45. The first-order valence-electron chi connectivity index (χ1n) is 5.09. The van der Waals surface area contributed by atoms with E-state index >= 15 is 0 Å². The Balaban J connectivity index is 1.57. The van der Waals surface area contributed by atoms with Gasteiger partial charge in [-0.1, -0.05) is 0 Å². The van der Waals surface area contributed by atoms with Crippen LogP contribution in [0.3, 0.4) is 0 Å². The highest BCUT2D eigenvalue weighted by Gasteiger charge is 2.15. The van der Waals surface area contributed by atoms with E-state index in [1.807, 2.05) is 0 Å². The molecule has 2 rings (SSSR count). The van der Waals surface area contributed by atoms with Gasteiger partial charge in [-0.25, -0.2) is 0 Å². The number of nitrogens with zero attached hydrogens (tertiary/aromatic N) is 1. The van der Waals surface area contributed by atoms with Crippen molar-refractivity contribution in [2.24, 2.45) is 4.99 Å². The average Bonchev–Trinajstić information content (AvgIpc) is 2.75. The fourth-order valence-corrected chi connectivity index (χ4v) is 1.74. The Morgan fingerprint density at radius 3 is 3.31 bits per heavy atom. The van der Waals surface area contributed by atoms with Crippen LogP contribution >= 0.6 is 0 Å². The lowest BCUT2D eigenvalue weighted by atomic mass is 10.2. The van der Waals surface area contributed by atoms with Crippen molar-refractivity contribution in [3.8, 4) is 0 Å². The zero-order valence-corrected chi connectivity index (χ0v) is 7.88. The Morgan fingerprint density at radius 2 is 2.62 bits per heavy atom. The smallest absolute Gasteiger partial charge is 0.191 e. The molecule has 74 valence electrons. The highest BCUT2D eigenvalue weighted by atomic mass is 16.5. The third-order valence-electron chi connectivity index (χ3n) is 2.46. The molecule has 2 heterocycles. The minimum Gasteiger partial charge on any atom is -0.378 e. The second-order valence-corrected chi connectivity index (χ2v) is 3.51. The van der Waals surface area contributed by atoms with E-state index in [0.29, 0.717) is 6.10 Å². The van der Waals surface area contributed by atoms with Gasteiger partial charge in [-0.3, -0.25) is 4.99 Å². The first kappa shape index (κ1) is 8.81. The molecule has 0 aromatic rings. The minimum absolute atomic E-state index is 0.481. The number of ether oxygens (including phenoxy) is 1. The van der Waals surface area contributed by atoms with Crippen molar-refractivity contribution in [2.45, 2.75) is 25.4 Å². The Hall–Kier alpha value is -0.770. The number of guanidine groups is 1. The average molecular weight is 183 g/mol. The van der Waals surface area contributed by atoms with Gasteiger partial charge in [0.15, 0.2) is 5.96 Å². The van der Waals surface area contributed by atoms with Crippen LogP contribution < -0.4 is 10.6 Å². The van der Waals surface area contributed by atoms with Crippen LogP contribution in [-0.2, 0) is 4.74 Å². The fourth-order valence-electron chi connectivity index (χ4n) is 1.74. The first-order valence-corrected chi connectivity index (χ1v) is 5.09. The van der Waals surface area contributed by atoms with E-state index in [-0.39, 0.29) is 0 Å². The standard InChI is InChI=1S/C9H17N3O/c1-2-8(13-7-1)3-4-10-9-11-5-6-12-9/h8H,1-7H2,(H2,10,11,12). The summed E-state index contributed by atoms with van der Waals surface area (Å²) in [5.41, 5.74) is 0. The molecule has 0 aromatic carbocycles. The van der Waals surface area contributed by atoms with Crippen LogP contribution in [-0.4, -0.2) is 38.3 Å². The quantitative estimate of drug-likeness (QED) is 0.652. The SMILES string of the molecule is C1COC(CCNC2=NCCN2)C1. The second-order valence-electron chi connectivity index (χ2n) is 3.51. The predicted octanol–water partition coefficient (Wildman–Crippen LogP) is 0.104. The largest absolute Gasteiger partial charge is 0.378 e. The van der Waals surface area contributed by atoms with Crippen molar-refractivity contribution in [1.82, 2.24) is 10.6 Å². The maximum atomic E-state index is 5.52. The summed E-state index contributed by atoms with van der Waals surface area (Å²) in [6.07, 6.45) is 4.03. The van der Waals surface area contributed by atoms with Crippen LogP contribution in [0.1, 0.15) is 19.3 Å². The van der Waals surface area contributed by atoms with Gasteiger partial charge in [0, 0.05) is 19.7 Å². The highest BCUT2D eigenvalue weighted by Crippen LogP contribution is 2.14. The van der Waals surface area contributed by atoms with Crippen molar-refractivity contribution >= 4 is 5.96 Å². The topological polar surface area (TPSA) is 45.6 Å². The van der Waals surface area contributed by atoms with Crippen LogP contribution in [0.15, 0.2) is 4.99 Å². The lowest BCUT2D eigenvalue weighted by molar-refractivity contribution is 0.105. The van der Waals surface area contributed by atoms with Crippen molar-refractivity contribution in [2.75, 3.05) is 26.2 Å². The van der Waals surface area contributed by atoms with E-state index in [0.717, 1.165) is 38.6 Å². The van der Waals surface area contributed by atoms with E-state index < -0.39 is 0 Å². The lowest BCUT2D eigenvalue weighted by Gasteiger charge is -2.10. The van der Waals surface area contributed by atoms with E-state index in [1.165, 1.54) is 12.8 Å². The summed E-state index contributed by atoms with van der Waals surface area (Å²) < 4.78 is 5.52. The highest BCUT2D eigenvalue weighted by molar-refractivity contribution is 5.81. The molecule has 2 N–H and O–H groups in total. The third kappa shape index (κ3) is 2.59. The molecule has 0 saturated carbocycles. The van der Waals surface area contributed by atoms with Crippen LogP contribution in [0.2, 0.25) is 0 Å². The molecule has 0 spiro atoms. The monoisotopic (exact) mass is 183 g/mol. The Kier molecular flexibility index (Phi) is 3.02. The van der Waals surface area contributed by atoms with Gasteiger partial charge in [-0.2, -0.15) is 0 Å². The van der Waals surface area contributed by atoms with Gasteiger partial charge < -0.3 is 15.4 Å². The third-order valence-corrected chi connectivity index (χ3v) is 2.46. The number of hydrogen-bond acceptors (Lipinski definition) is 4. The van der Waals surface area contributed by atoms with Crippen molar-refractivity contribution in [3.63, 3.8) is 0 Å². The van der Waals surface area contributed by atoms with Gasteiger partial charge in [0.25, 0.3) is 0 Å². The number of hydrogen-bond donors (Lipinski definition) is 2. The molecule has 1 fully saturated rings. The molecule has 0 amide bonds. The van der Waals surface area contributed by atoms with E-state index in [1.54, 1.807) is 0 Å². The first-order chi connectivity index (χ1) is 6.45. The maximum Gasteiger partial charge on any atom is 0.191 e. The molecule has 2 aliphatic heterocycles. The fraction of sp³-hybridized carbons (Fsp3) is 0.889. The number of nitrogens with one attached hydrogen (secondary N) is 2. The Bertz CT molecular complexity index is 187. The summed E-state index contributed by atoms with van der Waals surface area (Å²) in [6.45, 7) is 3.80. The Labute approximate surface area is 78.8 Å². The normalized spacial score (nSPS) is 27.1. The molecule has 2 aliphatic rings. The van der Waals surface area contributed by atoms with Crippen molar-refractivity contribution in [3.05, 3.63) is 0 Å². The summed E-state index contributed by atoms with van der Waals surface area (Å²) in [6, 6.07) is 0. The molecule has 0 aromatic heterocycles. The second kappa shape index (κ2) is 4.46. The molecule has 0 bridgehead atoms. The van der Waals surface area contributed by atoms with E-state index in [2.05, 4.69) is 15.6 Å². The zero-order chi connectivity index (χ0) is 8.93. The number of aliphatic imine (C=N–C) groups is 1. The molecule has 0 aliphatic carbocycles. The van der Waals surface area contributed by atoms with Crippen molar-refractivity contribution in [1.29, 1.82) is 0 Å². The minimum atomic E-state index is 0.481. The van der Waals surface area contributed by atoms with Gasteiger partial charge in [0.05, 0.1) is 12.6 Å². The van der Waals surface area contributed by atoms with Crippen LogP contribution in [0.4, 0.5) is 0 Å². The van der Waals surface area contributed by atoms with Crippen LogP contribution in [0.5, 0.6) is 0 Å². The van der Waals surface area contributed by atoms with Crippen LogP contribution in [0, 0.1) is 0 Å². The summed E-state index contributed by atoms with van der Waals surface area (Å²) in [5.74, 6) is 0.956. The maximum absolute atomic E-state index is 5.52. The molecule has 13 heavy (non-hydrogen) atoms. The molecular weight excluding hydrogens is 166 g/mol. The molecular formula is C9H17N3O. The summed E-state index contributed by atoms with van der Waals surface area (Å²) in [4.78, 5) is 4.25. The number of rotatable bonds is 3. The predicted molar refractivity (Wildman–Crippen MR) is 51.9 cm³/mol. The zero-order valence-electron chi connectivity index (χ0n) is 7.88. The van der Waals surface area contributed by atoms with Gasteiger partial charge in [-0.15, -0.1) is 0 Å². The van der Waals surface area contributed by atoms with E-state index in [4.69, 9.17) is 4.74 Å². The van der Waals surface area contributed by atoms with Gasteiger partial charge >= 0.3 is 0 Å². The molecule has 0 radical (unpaired) electrons. The molecule has 1 atom stereocenters. The van der Waals surface area contributed by atoms with Gasteiger partial charge in [0.1, 0.15) is 0 Å². The van der Waals surface area contributed by atoms with E-state index in [9.17, 15) is 0 Å². The molecule has 1 unspecified atom stereocenters. The lowest BCUT2D eigenvalue weighted by Crippen LogP contribution is -2.35. The van der Waals surface area contributed by atoms with Crippen molar-refractivity contribution < 1.29 is 4.74 Å². The molecule has 1 saturated heterocycles. The molecule has 4 nitrogen and oxygen atoms in total. The molecule has 4 heteroatoms. The summed E-state index contributed by atoms with van der Waals surface area (Å²) >= 11 is 0. The van der Waals surface area contributed by atoms with Gasteiger partial charge in [0.2, 0.25) is 0 Å². The summed E-state index contributed by atoms with van der Waals surface area (Å²) in [7, 11) is 0. The Morgan fingerprint density at radius 1 is 1.62 bits per heavy atom. The van der Waals surface area contributed by atoms with Gasteiger partial charge in [-0.05, 0) is 19.3 Å². The van der Waals surface area contributed by atoms with Crippen LogP contribution in [0.25, 0.3) is 0 Å².